The molecule has 0 saturated heterocycles. The van der Waals surface area contributed by atoms with Crippen molar-refractivity contribution < 1.29 is 24.2 Å². The molecule has 21 heavy (non-hydrogen) atoms. The Bertz CT molecular complexity index is 564. The third-order valence-electron chi connectivity index (χ3n) is 3.23. The highest BCUT2D eigenvalue weighted by Crippen LogP contribution is 2.12. The summed E-state index contributed by atoms with van der Waals surface area (Å²) in [4.78, 5) is 34.1. The SMILES string of the molecule is COC(=O)C[C@H](NC(=O)Cc1c(C)nn(C)c1C)C(=O)O. The predicted molar refractivity (Wildman–Crippen MR) is 72.6 cm³/mol. The van der Waals surface area contributed by atoms with Gasteiger partial charge in [-0.05, 0) is 13.8 Å². The molecule has 2 N–H and O–H groups in total. The van der Waals surface area contributed by atoms with E-state index in [0.29, 0.717) is 5.69 Å². The first-order chi connectivity index (χ1) is 9.76. The standard InChI is InChI=1S/C13H19N3O5/c1-7-9(8(2)16(3)15-7)5-11(17)14-10(13(19)20)6-12(18)21-4/h10H,5-6H2,1-4H3,(H,14,17)(H,19,20)/t10-/m0/s1. The first-order valence-electron chi connectivity index (χ1n) is 6.34. The summed E-state index contributed by atoms with van der Waals surface area (Å²) in [5.41, 5.74) is 2.30. The largest absolute Gasteiger partial charge is 0.480 e. The van der Waals surface area contributed by atoms with Crippen LogP contribution < -0.4 is 5.32 Å². The Balaban J connectivity index is 2.74. The molecule has 0 aliphatic heterocycles. The number of rotatable bonds is 6. The fourth-order valence-corrected chi connectivity index (χ4v) is 1.93. The number of hydrogen-bond acceptors (Lipinski definition) is 5. The lowest BCUT2D eigenvalue weighted by Gasteiger charge is -2.13. The molecule has 0 saturated carbocycles. The third kappa shape index (κ3) is 4.30. The Morgan fingerprint density at radius 1 is 1.38 bits per heavy atom. The van der Waals surface area contributed by atoms with Gasteiger partial charge in [0.1, 0.15) is 6.04 Å². The van der Waals surface area contributed by atoms with Gasteiger partial charge in [0.25, 0.3) is 0 Å². The average molecular weight is 297 g/mol. The molecule has 0 bridgehead atoms. The zero-order chi connectivity index (χ0) is 16.2. The number of methoxy groups -OCH3 is 1. The molecule has 0 aliphatic carbocycles. The number of amides is 1. The fourth-order valence-electron chi connectivity index (χ4n) is 1.93. The molecular formula is C13H19N3O5. The molecule has 1 rings (SSSR count). The molecule has 1 aromatic rings. The normalized spacial score (nSPS) is 11.8. The summed E-state index contributed by atoms with van der Waals surface area (Å²) in [7, 11) is 2.92. The van der Waals surface area contributed by atoms with Crippen LogP contribution in [0.15, 0.2) is 0 Å². The second-order valence-electron chi connectivity index (χ2n) is 4.69. The van der Waals surface area contributed by atoms with Gasteiger partial charge >= 0.3 is 11.9 Å². The van der Waals surface area contributed by atoms with Gasteiger partial charge in [0.15, 0.2) is 0 Å². The molecule has 1 aromatic heterocycles. The molecule has 1 atom stereocenters. The fraction of sp³-hybridized carbons (Fsp3) is 0.538. The van der Waals surface area contributed by atoms with Crippen molar-refractivity contribution in [1.82, 2.24) is 15.1 Å². The van der Waals surface area contributed by atoms with E-state index in [2.05, 4.69) is 15.2 Å². The summed E-state index contributed by atoms with van der Waals surface area (Å²) in [6, 6.07) is -1.30. The number of ether oxygens (including phenoxy) is 1. The minimum absolute atomic E-state index is 0.0104. The zero-order valence-corrected chi connectivity index (χ0v) is 12.5. The van der Waals surface area contributed by atoms with Crippen LogP contribution in [0.2, 0.25) is 0 Å². The lowest BCUT2D eigenvalue weighted by Crippen LogP contribution is -2.43. The van der Waals surface area contributed by atoms with E-state index in [-0.39, 0.29) is 6.42 Å². The Kier molecular flexibility index (Phi) is 5.45. The average Bonchev–Trinajstić information content (AvgIpc) is 2.64. The maximum Gasteiger partial charge on any atom is 0.326 e. The number of nitrogens with one attached hydrogen (secondary N) is 1. The smallest absolute Gasteiger partial charge is 0.326 e. The number of carbonyl (C=O) groups is 3. The number of esters is 1. The van der Waals surface area contributed by atoms with Gasteiger partial charge in [0, 0.05) is 18.3 Å². The molecule has 0 fully saturated rings. The molecule has 0 radical (unpaired) electrons. The Morgan fingerprint density at radius 2 is 2.00 bits per heavy atom. The van der Waals surface area contributed by atoms with Crippen molar-refractivity contribution in [3.63, 3.8) is 0 Å². The summed E-state index contributed by atoms with van der Waals surface area (Å²) < 4.78 is 6.06. The maximum absolute atomic E-state index is 11.9. The van der Waals surface area contributed by atoms with E-state index >= 15 is 0 Å². The second-order valence-corrected chi connectivity index (χ2v) is 4.69. The van der Waals surface area contributed by atoms with E-state index < -0.39 is 30.3 Å². The number of hydrogen-bond donors (Lipinski definition) is 2. The van der Waals surface area contributed by atoms with Crippen molar-refractivity contribution in [1.29, 1.82) is 0 Å². The van der Waals surface area contributed by atoms with Crippen LogP contribution in [-0.2, 0) is 32.6 Å². The van der Waals surface area contributed by atoms with Crippen molar-refractivity contribution >= 4 is 17.8 Å². The van der Waals surface area contributed by atoms with E-state index in [4.69, 9.17) is 5.11 Å². The second kappa shape index (κ2) is 6.87. The predicted octanol–water partition coefficient (Wildman–Crippen LogP) is -0.288. The lowest BCUT2D eigenvalue weighted by atomic mass is 10.1. The minimum atomic E-state index is -1.30. The van der Waals surface area contributed by atoms with E-state index in [9.17, 15) is 14.4 Å². The van der Waals surface area contributed by atoms with Gasteiger partial charge in [-0.15, -0.1) is 0 Å². The van der Waals surface area contributed by atoms with Gasteiger partial charge in [0.05, 0.1) is 25.6 Å². The molecule has 1 heterocycles. The number of aromatic nitrogens is 2. The molecule has 8 heteroatoms. The summed E-state index contributed by atoms with van der Waals surface area (Å²) in [6.45, 7) is 3.60. The molecule has 8 nitrogen and oxygen atoms in total. The first kappa shape index (κ1) is 16.7. The van der Waals surface area contributed by atoms with Crippen LogP contribution in [0.25, 0.3) is 0 Å². The van der Waals surface area contributed by atoms with Gasteiger partial charge < -0.3 is 15.2 Å². The summed E-state index contributed by atoms with van der Waals surface area (Å²) in [5, 5.41) is 15.5. The zero-order valence-electron chi connectivity index (χ0n) is 12.5. The number of aliphatic carboxylic acids is 1. The van der Waals surface area contributed by atoms with Crippen LogP contribution in [0.4, 0.5) is 0 Å². The third-order valence-corrected chi connectivity index (χ3v) is 3.23. The Labute approximate surface area is 122 Å². The summed E-state index contributed by atoms with van der Waals surface area (Å²) in [6.07, 6.45) is -0.404. The van der Waals surface area contributed by atoms with Crippen LogP contribution in [-0.4, -0.2) is 45.9 Å². The first-order valence-corrected chi connectivity index (χ1v) is 6.34. The highest BCUT2D eigenvalue weighted by Gasteiger charge is 2.24. The Morgan fingerprint density at radius 3 is 2.43 bits per heavy atom. The number of carboxylic acids is 1. The quantitative estimate of drug-likeness (QED) is 0.698. The van der Waals surface area contributed by atoms with Crippen molar-refractivity contribution in [3.05, 3.63) is 17.0 Å². The van der Waals surface area contributed by atoms with Crippen LogP contribution in [0, 0.1) is 13.8 Å². The monoisotopic (exact) mass is 297 g/mol. The molecule has 0 spiro atoms. The van der Waals surface area contributed by atoms with Gasteiger partial charge in [-0.3, -0.25) is 14.3 Å². The van der Waals surface area contributed by atoms with Crippen LogP contribution >= 0.6 is 0 Å². The van der Waals surface area contributed by atoms with E-state index in [0.717, 1.165) is 18.4 Å². The molecule has 1 amide bonds. The van der Waals surface area contributed by atoms with Gasteiger partial charge in [-0.25, -0.2) is 4.79 Å². The molecular weight excluding hydrogens is 278 g/mol. The van der Waals surface area contributed by atoms with Crippen molar-refractivity contribution in [2.45, 2.75) is 32.7 Å². The van der Waals surface area contributed by atoms with Crippen molar-refractivity contribution in [2.24, 2.45) is 7.05 Å². The lowest BCUT2D eigenvalue weighted by molar-refractivity contribution is -0.148. The number of carbonyl (C=O) groups excluding carboxylic acids is 2. The summed E-state index contributed by atoms with van der Waals surface area (Å²) in [5.74, 6) is -2.46. The molecule has 0 aliphatic rings. The topological polar surface area (TPSA) is 111 Å². The summed E-state index contributed by atoms with van der Waals surface area (Å²) >= 11 is 0. The van der Waals surface area contributed by atoms with E-state index in [1.165, 1.54) is 0 Å². The molecule has 0 unspecified atom stereocenters. The van der Waals surface area contributed by atoms with Crippen molar-refractivity contribution in [2.75, 3.05) is 7.11 Å². The molecule has 116 valence electrons. The van der Waals surface area contributed by atoms with Crippen LogP contribution in [0.3, 0.4) is 0 Å². The van der Waals surface area contributed by atoms with Crippen molar-refractivity contribution in [3.8, 4) is 0 Å². The minimum Gasteiger partial charge on any atom is -0.480 e. The maximum atomic E-state index is 11.9. The van der Waals surface area contributed by atoms with E-state index in [1.54, 1.807) is 18.7 Å². The number of aryl methyl sites for hydroxylation is 2. The molecule has 0 aromatic carbocycles. The van der Waals surface area contributed by atoms with Gasteiger partial charge in [-0.1, -0.05) is 0 Å². The van der Waals surface area contributed by atoms with Crippen LogP contribution in [0.1, 0.15) is 23.4 Å². The van der Waals surface area contributed by atoms with Crippen LogP contribution in [0.5, 0.6) is 0 Å². The highest BCUT2D eigenvalue weighted by atomic mass is 16.5. The number of carboxylic acid groups (broad SMARTS) is 1. The van der Waals surface area contributed by atoms with E-state index in [1.807, 2.05) is 6.92 Å². The van der Waals surface area contributed by atoms with Gasteiger partial charge in [-0.2, -0.15) is 5.10 Å². The highest BCUT2D eigenvalue weighted by molar-refractivity contribution is 5.88. The van der Waals surface area contributed by atoms with Gasteiger partial charge in [0.2, 0.25) is 5.91 Å². The Hall–Kier alpha value is -2.38. The number of nitrogens with zero attached hydrogens (tertiary/aromatic N) is 2.